The second kappa shape index (κ2) is 7.81. The number of hydrogen-bond acceptors (Lipinski definition) is 7. The van der Waals surface area contributed by atoms with Crippen LogP contribution < -0.4 is 10.2 Å². The maximum Gasteiger partial charge on any atom is 0.229 e. The van der Waals surface area contributed by atoms with Gasteiger partial charge in [0.15, 0.2) is 5.58 Å². The smallest absolute Gasteiger partial charge is 0.229 e. The number of nitrogens with zero attached hydrogens (tertiary/aromatic N) is 4. The van der Waals surface area contributed by atoms with E-state index in [2.05, 4.69) is 39.2 Å². The van der Waals surface area contributed by atoms with Gasteiger partial charge in [0.25, 0.3) is 0 Å². The van der Waals surface area contributed by atoms with Gasteiger partial charge in [0.2, 0.25) is 11.8 Å². The van der Waals surface area contributed by atoms with Crippen LogP contribution in [0, 0.1) is 12.8 Å². The summed E-state index contributed by atoms with van der Waals surface area (Å²) in [4.78, 5) is 28.3. The van der Waals surface area contributed by atoms with Crippen molar-refractivity contribution in [3.63, 3.8) is 0 Å². The molecule has 1 aliphatic heterocycles. The molecule has 8 nitrogen and oxygen atoms in total. The molecule has 8 heteroatoms. The number of fused-ring (bicyclic) bond motifs is 2. The highest BCUT2D eigenvalue weighted by atomic mass is 16.5. The molecule has 1 amide bonds. The Balaban J connectivity index is 1.39. The van der Waals surface area contributed by atoms with Gasteiger partial charge < -0.3 is 19.4 Å². The van der Waals surface area contributed by atoms with Crippen LogP contribution in [0.4, 0.5) is 11.5 Å². The normalized spacial score (nSPS) is 18.7. The SMILES string of the molecule is Cc1ncc(-c2nc3cc(N4CCOC(C)C4)ccc3o2)c2cc(NC(=O)C3CC3)ncc12. The number of benzene rings is 1. The van der Waals surface area contributed by atoms with Gasteiger partial charge in [-0.25, -0.2) is 9.97 Å². The molecule has 3 aromatic heterocycles. The number of aromatic nitrogens is 3. The Kier molecular flexibility index (Phi) is 4.76. The minimum absolute atomic E-state index is 0.0287. The second-order valence-corrected chi connectivity index (χ2v) is 8.93. The zero-order valence-corrected chi connectivity index (χ0v) is 18.7. The molecule has 1 aliphatic carbocycles. The first-order valence-corrected chi connectivity index (χ1v) is 11.4. The molecule has 2 fully saturated rings. The predicted octanol–water partition coefficient (Wildman–Crippen LogP) is 4.32. The average Bonchev–Trinajstić information content (AvgIpc) is 3.58. The summed E-state index contributed by atoms with van der Waals surface area (Å²) >= 11 is 0. The van der Waals surface area contributed by atoms with Gasteiger partial charge in [0, 0.05) is 53.6 Å². The van der Waals surface area contributed by atoms with Gasteiger partial charge in [-0.2, -0.15) is 0 Å². The maximum absolute atomic E-state index is 12.2. The van der Waals surface area contributed by atoms with Gasteiger partial charge in [-0.1, -0.05) is 0 Å². The number of pyridine rings is 2. The number of carbonyl (C=O) groups is 1. The molecule has 1 saturated heterocycles. The summed E-state index contributed by atoms with van der Waals surface area (Å²) in [6.07, 6.45) is 5.63. The van der Waals surface area contributed by atoms with Crippen LogP contribution in [0.25, 0.3) is 33.3 Å². The van der Waals surface area contributed by atoms with Gasteiger partial charge in [-0.3, -0.25) is 9.78 Å². The third-order valence-corrected chi connectivity index (χ3v) is 6.38. The monoisotopic (exact) mass is 443 g/mol. The first kappa shape index (κ1) is 20.1. The van der Waals surface area contributed by atoms with Crippen LogP contribution in [0.5, 0.6) is 0 Å². The fraction of sp³-hybridized carbons (Fsp3) is 0.360. The molecule has 168 valence electrons. The third kappa shape index (κ3) is 3.80. The molecule has 0 spiro atoms. The van der Waals surface area contributed by atoms with Gasteiger partial charge in [0.1, 0.15) is 11.3 Å². The molecule has 1 atom stereocenters. The van der Waals surface area contributed by atoms with Crippen LogP contribution >= 0.6 is 0 Å². The molecule has 4 aromatic rings. The molecular formula is C25H25N5O3. The Morgan fingerprint density at radius 3 is 2.85 bits per heavy atom. The van der Waals surface area contributed by atoms with Crippen LogP contribution in [0.1, 0.15) is 25.5 Å². The number of aryl methyl sites for hydroxylation is 1. The van der Waals surface area contributed by atoms with E-state index in [9.17, 15) is 4.79 Å². The van der Waals surface area contributed by atoms with Crippen LogP contribution in [0.2, 0.25) is 0 Å². The second-order valence-electron chi connectivity index (χ2n) is 8.93. The summed E-state index contributed by atoms with van der Waals surface area (Å²) in [5, 5.41) is 4.74. The highest BCUT2D eigenvalue weighted by Gasteiger charge is 2.30. The Morgan fingerprint density at radius 2 is 2.03 bits per heavy atom. The lowest BCUT2D eigenvalue weighted by Gasteiger charge is -2.32. The van der Waals surface area contributed by atoms with Crippen molar-refractivity contribution in [2.45, 2.75) is 32.8 Å². The molecule has 1 saturated carbocycles. The minimum Gasteiger partial charge on any atom is -0.436 e. The number of anilines is 2. The first-order valence-electron chi connectivity index (χ1n) is 11.4. The van der Waals surface area contributed by atoms with E-state index < -0.39 is 0 Å². The van der Waals surface area contributed by atoms with Crippen molar-refractivity contribution < 1.29 is 13.9 Å². The molecule has 2 aliphatic rings. The molecule has 1 unspecified atom stereocenters. The Hall–Kier alpha value is -3.52. The summed E-state index contributed by atoms with van der Waals surface area (Å²) in [5.41, 5.74) is 4.27. The zero-order valence-electron chi connectivity index (χ0n) is 18.7. The van der Waals surface area contributed by atoms with Crippen molar-refractivity contribution in [2.24, 2.45) is 5.92 Å². The number of ether oxygens (including phenoxy) is 1. The van der Waals surface area contributed by atoms with E-state index in [0.717, 1.165) is 71.4 Å². The molecule has 1 N–H and O–H groups in total. The van der Waals surface area contributed by atoms with Gasteiger partial charge in [-0.15, -0.1) is 0 Å². The number of nitrogens with one attached hydrogen (secondary N) is 1. The number of amides is 1. The largest absolute Gasteiger partial charge is 0.436 e. The van der Waals surface area contributed by atoms with Crippen LogP contribution in [0.3, 0.4) is 0 Å². The van der Waals surface area contributed by atoms with E-state index in [-0.39, 0.29) is 17.9 Å². The minimum atomic E-state index is 0.0287. The highest BCUT2D eigenvalue weighted by molar-refractivity contribution is 6.00. The quantitative estimate of drug-likeness (QED) is 0.502. The van der Waals surface area contributed by atoms with Gasteiger partial charge in [0.05, 0.1) is 18.3 Å². The summed E-state index contributed by atoms with van der Waals surface area (Å²) < 4.78 is 11.8. The first-order chi connectivity index (χ1) is 16.0. The van der Waals surface area contributed by atoms with E-state index in [1.54, 1.807) is 12.4 Å². The Labute approximate surface area is 191 Å². The lowest BCUT2D eigenvalue weighted by molar-refractivity contribution is -0.117. The molecule has 0 bridgehead atoms. The van der Waals surface area contributed by atoms with Crippen molar-refractivity contribution >= 4 is 39.3 Å². The fourth-order valence-electron chi connectivity index (χ4n) is 4.36. The third-order valence-electron chi connectivity index (χ3n) is 6.38. The molecule has 33 heavy (non-hydrogen) atoms. The molecule has 0 radical (unpaired) electrons. The predicted molar refractivity (Wildman–Crippen MR) is 126 cm³/mol. The fourth-order valence-corrected chi connectivity index (χ4v) is 4.36. The topological polar surface area (TPSA) is 93.4 Å². The number of rotatable bonds is 4. The van der Waals surface area contributed by atoms with Crippen LogP contribution in [0.15, 0.2) is 41.1 Å². The highest BCUT2D eigenvalue weighted by Crippen LogP contribution is 2.34. The molecule has 4 heterocycles. The Bertz CT molecular complexity index is 1380. The zero-order chi connectivity index (χ0) is 22.5. The standard InChI is InChI=1S/C25H25N5O3/c1-14-13-30(7-8-32-14)17-5-6-22-21(9-17)28-25(33-22)20-12-26-15(2)19-11-27-23(10-18(19)20)29-24(31)16-3-4-16/h5-6,9-12,14,16H,3-4,7-8,13H2,1-2H3,(H,27,29,31). The molecule has 6 rings (SSSR count). The van der Waals surface area contributed by atoms with E-state index >= 15 is 0 Å². The lowest BCUT2D eigenvalue weighted by Crippen LogP contribution is -2.41. The average molecular weight is 444 g/mol. The van der Waals surface area contributed by atoms with Crippen molar-refractivity contribution in [2.75, 3.05) is 29.9 Å². The summed E-state index contributed by atoms with van der Waals surface area (Å²) in [6, 6.07) is 7.98. The summed E-state index contributed by atoms with van der Waals surface area (Å²) in [7, 11) is 0. The van der Waals surface area contributed by atoms with E-state index in [0.29, 0.717) is 11.7 Å². The Morgan fingerprint density at radius 1 is 1.15 bits per heavy atom. The maximum atomic E-state index is 12.2. The van der Waals surface area contributed by atoms with Gasteiger partial charge >= 0.3 is 0 Å². The van der Waals surface area contributed by atoms with E-state index in [4.69, 9.17) is 14.1 Å². The lowest BCUT2D eigenvalue weighted by atomic mass is 10.1. The van der Waals surface area contributed by atoms with Crippen molar-refractivity contribution in [3.8, 4) is 11.5 Å². The number of oxazole rings is 1. The van der Waals surface area contributed by atoms with Crippen molar-refractivity contribution in [1.29, 1.82) is 0 Å². The number of hydrogen-bond donors (Lipinski definition) is 1. The number of carbonyl (C=O) groups excluding carboxylic acids is 1. The van der Waals surface area contributed by atoms with Gasteiger partial charge in [-0.05, 0) is 51.0 Å². The summed E-state index contributed by atoms with van der Waals surface area (Å²) in [6.45, 7) is 6.46. The van der Waals surface area contributed by atoms with E-state index in [1.807, 2.05) is 19.1 Å². The van der Waals surface area contributed by atoms with Crippen molar-refractivity contribution in [3.05, 3.63) is 42.4 Å². The van der Waals surface area contributed by atoms with Crippen LogP contribution in [-0.4, -0.2) is 46.7 Å². The van der Waals surface area contributed by atoms with Crippen LogP contribution in [-0.2, 0) is 9.53 Å². The summed E-state index contributed by atoms with van der Waals surface area (Å²) in [5.74, 6) is 1.18. The molecular weight excluding hydrogens is 418 g/mol. The molecule has 1 aromatic carbocycles. The van der Waals surface area contributed by atoms with E-state index in [1.165, 1.54) is 0 Å². The van der Waals surface area contributed by atoms with Crippen molar-refractivity contribution in [1.82, 2.24) is 15.0 Å². The number of morpholine rings is 1.